The number of rotatable bonds is 7. The summed E-state index contributed by atoms with van der Waals surface area (Å²) >= 11 is 6.53. The van der Waals surface area contributed by atoms with Gasteiger partial charge in [0.1, 0.15) is 0 Å². The van der Waals surface area contributed by atoms with Crippen LogP contribution in [0.3, 0.4) is 0 Å². The van der Waals surface area contributed by atoms with E-state index in [1.165, 1.54) is 11.3 Å². The number of aromatic amines is 1. The van der Waals surface area contributed by atoms with E-state index in [4.69, 9.17) is 12.2 Å². The zero-order valence-electron chi connectivity index (χ0n) is 14.7. The summed E-state index contributed by atoms with van der Waals surface area (Å²) < 4.78 is 2.37. The Bertz CT molecular complexity index is 974. The fourth-order valence-electron chi connectivity index (χ4n) is 2.52. The van der Waals surface area contributed by atoms with Crippen LogP contribution in [0.15, 0.2) is 41.8 Å². The Hall–Kier alpha value is -2.78. The number of nitrogens with one attached hydrogen (secondary N) is 3. The predicted molar refractivity (Wildman–Crippen MR) is 106 cm³/mol. The molecular formula is C18H19N5O2S2. The van der Waals surface area contributed by atoms with Crippen LogP contribution in [0, 0.1) is 4.77 Å². The molecule has 140 valence electrons. The van der Waals surface area contributed by atoms with Gasteiger partial charge in [0, 0.05) is 18.7 Å². The second-order valence-electron chi connectivity index (χ2n) is 5.73. The highest BCUT2D eigenvalue weighted by molar-refractivity contribution is 7.71. The van der Waals surface area contributed by atoms with E-state index < -0.39 is 0 Å². The van der Waals surface area contributed by atoms with Gasteiger partial charge in [-0.3, -0.25) is 14.7 Å². The van der Waals surface area contributed by atoms with E-state index in [0.717, 1.165) is 5.56 Å². The molecular weight excluding hydrogens is 382 g/mol. The number of carbonyl (C=O) groups excluding carboxylic acids is 2. The van der Waals surface area contributed by atoms with Gasteiger partial charge < -0.3 is 15.2 Å². The molecule has 0 aliphatic rings. The molecule has 7 nitrogen and oxygen atoms in total. The molecule has 0 saturated carbocycles. The van der Waals surface area contributed by atoms with Gasteiger partial charge in [0.05, 0.1) is 11.4 Å². The third kappa shape index (κ3) is 4.69. The number of hydrogen-bond donors (Lipinski definition) is 3. The minimum Gasteiger partial charge on any atom is -0.347 e. The molecule has 0 saturated heterocycles. The first kappa shape index (κ1) is 19.0. The van der Waals surface area contributed by atoms with Crippen LogP contribution in [-0.2, 0) is 19.6 Å². The highest BCUT2D eigenvalue weighted by Crippen LogP contribution is 2.09. The first-order valence-electron chi connectivity index (χ1n) is 8.41. The van der Waals surface area contributed by atoms with Gasteiger partial charge in [-0.05, 0) is 48.3 Å². The Balaban J connectivity index is 1.54. The van der Waals surface area contributed by atoms with Crippen molar-refractivity contribution in [3.8, 4) is 0 Å². The molecule has 3 N–H and O–H groups in total. The number of carbonyl (C=O) groups is 2. The Kier molecular flexibility index (Phi) is 6.15. The summed E-state index contributed by atoms with van der Waals surface area (Å²) in [6.45, 7) is 3.35. The van der Waals surface area contributed by atoms with E-state index in [1.54, 1.807) is 18.2 Å². The van der Waals surface area contributed by atoms with Crippen molar-refractivity contribution in [2.45, 2.75) is 26.6 Å². The number of nitrogens with zero attached hydrogens (tertiary/aromatic N) is 2. The second kappa shape index (κ2) is 8.74. The smallest absolute Gasteiger partial charge is 0.261 e. The van der Waals surface area contributed by atoms with E-state index in [9.17, 15) is 9.59 Å². The van der Waals surface area contributed by atoms with Gasteiger partial charge in [0.15, 0.2) is 10.6 Å². The fourth-order valence-corrected chi connectivity index (χ4v) is 3.44. The van der Waals surface area contributed by atoms with Crippen molar-refractivity contribution in [3.05, 3.63) is 68.4 Å². The molecule has 0 bridgehead atoms. The maximum atomic E-state index is 12.3. The molecule has 0 radical (unpaired) electrons. The SMILES string of the molecule is CCn1c(CNC(=O)c2ccc(CNC(=O)c3cccs3)cc2)n[nH]c1=S. The summed E-state index contributed by atoms with van der Waals surface area (Å²) in [4.78, 5) is 24.9. The van der Waals surface area contributed by atoms with Crippen LogP contribution in [0.2, 0.25) is 0 Å². The topological polar surface area (TPSA) is 91.8 Å². The van der Waals surface area contributed by atoms with Crippen LogP contribution < -0.4 is 10.6 Å². The number of benzene rings is 1. The van der Waals surface area contributed by atoms with Crippen LogP contribution in [0.5, 0.6) is 0 Å². The van der Waals surface area contributed by atoms with E-state index >= 15 is 0 Å². The van der Waals surface area contributed by atoms with Crippen LogP contribution in [0.25, 0.3) is 0 Å². The minimum absolute atomic E-state index is 0.101. The molecule has 2 amide bonds. The van der Waals surface area contributed by atoms with Gasteiger partial charge in [0.25, 0.3) is 11.8 Å². The minimum atomic E-state index is -0.194. The second-order valence-corrected chi connectivity index (χ2v) is 7.06. The van der Waals surface area contributed by atoms with Crippen molar-refractivity contribution in [1.29, 1.82) is 0 Å². The first-order valence-corrected chi connectivity index (χ1v) is 9.70. The van der Waals surface area contributed by atoms with Gasteiger partial charge in [-0.25, -0.2) is 0 Å². The Morgan fingerprint density at radius 2 is 1.89 bits per heavy atom. The summed E-state index contributed by atoms with van der Waals surface area (Å²) in [7, 11) is 0. The van der Waals surface area contributed by atoms with Crippen molar-refractivity contribution in [2.24, 2.45) is 0 Å². The highest BCUT2D eigenvalue weighted by atomic mass is 32.1. The van der Waals surface area contributed by atoms with Gasteiger partial charge in [-0.1, -0.05) is 18.2 Å². The van der Waals surface area contributed by atoms with E-state index in [0.29, 0.717) is 40.7 Å². The van der Waals surface area contributed by atoms with Crippen molar-refractivity contribution in [3.63, 3.8) is 0 Å². The molecule has 9 heteroatoms. The van der Waals surface area contributed by atoms with Crippen LogP contribution >= 0.6 is 23.6 Å². The number of H-pyrrole nitrogens is 1. The fraction of sp³-hybridized carbons (Fsp3) is 0.222. The molecule has 0 fully saturated rings. The first-order chi connectivity index (χ1) is 13.1. The van der Waals surface area contributed by atoms with Crippen molar-refractivity contribution in [1.82, 2.24) is 25.4 Å². The Labute approximate surface area is 165 Å². The molecule has 0 aliphatic carbocycles. The summed E-state index contributed by atoms with van der Waals surface area (Å²) in [5.74, 6) is 0.390. The van der Waals surface area contributed by atoms with Crippen LogP contribution in [-0.4, -0.2) is 26.6 Å². The predicted octanol–water partition coefficient (Wildman–Crippen LogP) is 2.88. The largest absolute Gasteiger partial charge is 0.347 e. The number of thiophene rings is 1. The number of amides is 2. The molecule has 2 heterocycles. The van der Waals surface area contributed by atoms with Crippen LogP contribution in [0.4, 0.5) is 0 Å². The Morgan fingerprint density at radius 3 is 2.56 bits per heavy atom. The maximum absolute atomic E-state index is 12.3. The number of aromatic nitrogens is 3. The van der Waals surface area contributed by atoms with Gasteiger partial charge in [-0.15, -0.1) is 11.3 Å². The third-order valence-electron chi connectivity index (χ3n) is 3.97. The molecule has 27 heavy (non-hydrogen) atoms. The van der Waals surface area contributed by atoms with E-state index in [1.807, 2.05) is 35.1 Å². The molecule has 3 rings (SSSR count). The van der Waals surface area contributed by atoms with Crippen molar-refractivity contribution in [2.75, 3.05) is 0 Å². The zero-order chi connectivity index (χ0) is 19.2. The summed E-state index contributed by atoms with van der Waals surface area (Å²) in [6, 6.07) is 10.7. The standard InChI is InChI=1S/C18H19N5O2S2/c1-2-23-15(21-22-18(23)26)11-20-16(24)13-7-5-12(6-8-13)10-19-17(25)14-4-3-9-27-14/h3-9H,2,10-11H2,1H3,(H,19,25)(H,20,24)(H,22,26). The summed E-state index contributed by atoms with van der Waals surface area (Å²) in [5, 5.41) is 14.4. The monoisotopic (exact) mass is 401 g/mol. The van der Waals surface area contributed by atoms with E-state index in [-0.39, 0.29) is 11.8 Å². The molecule has 0 aliphatic heterocycles. The van der Waals surface area contributed by atoms with E-state index in [2.05, 4.69) is 20.8 Å². The summed E-state index contributed by atoms with van der Waals surface area (Å²) in [6.07, 6.45) is 0. The van der Waals surface area contributed by atoms with Gasteiger partial charge in [-0.2, -0.15) is 5.10 Å². The molecule has 1 aromatic carbocycles. The molecule has 2 aromatic heterocycles. The average Bonchev–Trinajstić information content (AvgIpc) is 3.34. The molecule has 0 unspecified atom stereocenters. The average molecular weight is 402 g/mol. The van der Waals surface area contributed by atoms with Crippen molar-refractivity contribution < 1.29 is 9.59 Å². The quantitative estimate of drug-likeness (QED) is 0.531. The lowest BCUT2D eigenvalue weighted by Crippen LogP contribution is -2.25. The third-order valence-corrected chi connectivity index (χ3v) is 5.16. The lowest BCUT2D eigenvalue weighted by molar-refractivity contribution is 0.0942. The summed E-state index contributed by atoms with van der Waals surface area (Å²) in [5.41, 5.74) is 1.46. The van der Waals surface area contributed by atoms with Gasteiger partial charge in [0.2, 0.25) is 0 Å². The molecule has 0 spiro atoms. The Morgan fingerprint density at radius 1 is 1.15 bits per heavy atom. The maximum Gasteiger partial charge on any atom is 0.261 e. The highest BCUT2D eigenvalue weighted by Gasteiger charge is 2.10. The normalized spacial score (nSPS) is 10.6. The van der Waals surface area contributed by atoms with Crippen molar-refractivity contribution >= 4 is 35.4 Å². The molecule has 0 atom stereocenters. The molecule has 3 aromatic rings. The zero-order valence-corrected chi connectivity index (χ0v) is 16.3. The lowest BCUT2D eigenvalue weighted by atomic mass is 10.1. The lowest BCUT2D eigenvalue weighted by Gasteiger charge is -2.08. The van der Waals surface area contributed by atoms with Gasteiger partial charge >= 0.3 is 0 Å². The van der Waals surface area contributed by atoms with Crippen LogP contribution in [0.1, 0.15) is 38.3 Å². The number of hydrogen-bond acceptors (Lipinski definition) is 5.